The molecule has 1 saturated carbocycles. The van der Waals surface area contributed by atoms with Gasteiger partial charge in [0.05, 0.1) is 22.7 Å². The van der Waals surface area contributed by atoms with Gasteiger partial charge in [-0.1, -0.05) is 24.3 Å². The Morgan fingerprint density at radius 1 is 1.00 bits per heavy atom. The molecule has 0 bridgehead atoms. The number of nitrogens with one attached hydrogen (secondary N) is 2. The number of nitrogens with zero attached hydrogens (tertiary/aromatic N) is 4. The Balaban J connectivity index is 1.39. The summed E-state index contributed by atoms with van der Waals surface area (Å²) in [6.45, 7) is 0. The number of para-hydroxylation sites is 1. The summed E-state index contributed by atoms with van der Waals surface area (Å²) in [6.07, 6.45) is 3.56. The van der Waals surface area contributed by atoms with Gasteiger partial charge in [0, 0.05) is 31.6 Å². The van der Waals surface area contributed by atoms with E-state index in [0.717, 1.165) is 42.4 Å². The van der Waals surface area contributed by atoms with Crippen molar-refractivity contribution in [1.82, 2.24) is 15.3 Å². The highest BCUT2D eigenvalue weighted by molar-refractivity contribution is 5.96. The minimum Gasteiger partial charge on any atom is -0.362 e. The quantitative estimate of drug-likeness (QED) is 0.661. The molecule has 158 valence electrons. The first kappa shape index (κ1) is 20.6. The summed E-state index contributed by atoms with van der Waals surface area (Å²) in [6, 6.07) is 17.4. The van der Waals surface area contributed by atoms with Gasteiger partial charge in [0.2, 0.25) is 5.95 Å². The van der Waals surface area contributed by atoms with Gasteiger partial charge in [0.1, 0.15) is 5.82 Å². The maximum Gasteiger partial charge on any atom is 0.252 e. The standard InChI is InChI=1S/C24H26N6O/c1-30(2)22-20-9-5-6-10-21(20)28-24(29-22)27-18-13-11-17(12-14-18)26-23(31)19-8-4-3-7-16(19)15-25/h3-10,17-18H,11-14H2,1-2H3,(H,26,31)(H,27,28,29). The fourth-order valence-electron chi connectivity index (χ4n) is 4.07. The molecule has 0 radical (unpaired) electrons. The lowest BCUT2D eigenvalue weighted by atomic mass is 9.91. The molecule has 2 N–H and O–H groups in total. The van der Waals surface area contributed by atoms with Crippen LogP contribution in [0.25, 0.3) is 10.9 Å². The Morgan fingerprint density at radius 2 is 1.68 bits per heavy atom. The highest BCUT2D eigenvalue weighted by atomic mass is 16.1. The molecule has 0 spiro atoms. The van der Waals surface area contributed by atoms with Gasteiger partial charge in [0.15, 0.2) is 0 Å². The van der Waals surface area contributed by atoms with Crippen molar-refractivity contribution < 1.29 is 4.79 Å². The van der Waals surface area contributed by atoms with E-state index in [1.165, 1.54) is 0 Å². The van der Waals surface area contributed by atoms with Gasteiger partial charge in [0.25, 0.3) is 5.91 Å². The summed E-state index contributed by atoms with van der Waals surface area (Å²) in [5, 5.41) is 16.8. The molecule has 0 saturated heterocycles. The number of hydrogen-bond acceptors (Lipinski definition) is 6. The summed E-state index contributed by atoms with van der Waals surface area (Å²) in [4.78, 5) is 24.0. The van der Waals surface area contributed by atoms with Crippen LogP contribution in [0.1, 0.15) is 41.6 Å². The van der Waals surface area contributed by atoms with Gasteiger partial charge in [-0.3, -0.25) is 4.79 Å². The van der Waals surface area contributed by atoms with E-state index in [1.807, 2.05) is 43.3 Å². The van der Waals surface area contributed by atoms with Crippen LogP contribution in [0.2, 0.25) is 0 Å². The zero-order valence-corrected chi connectivity index (χ0v) is 17.8. The van der Waals surface area contributed by atoms with Crippen LogP contribution in [-0.2, 0) is 0 Å². The number of carbonyl (C=O) groups is 1. The van der Waals surface area contributed by atoms with E-state index in [9.17, 15) is 10.1 Å². The number of fused-ring (bicyclic) bond motifs is 1. The van der Waals surface area contributed by atoms with Crippen molar-refractivity contribution in [2.45, 2.75) is 37.8 Å². The number of carbonyl (C=O) groups excluding carboxylic acids is 1. The smallest absolute Gasteiger partial charge is 0.252 e. The van der Waals surface area contributed by atoms with Gasteiger partial charge in [-0.2, -0.15) is 10.2 Å². The van der Waals surface area contributed by atoms with E-state index in [4.69, 9.17) is 4.98 Å². The molecule has 1 amide bonds. The van der Waals surface area contributed by atoms with Gasteiger partial charge in [-0.15, -0.1) is 0 Å². The largest absolute Gasteiger partial charge is 0.362 e. The van der Waals surface area contributed by atoms with Gasteiger partial charge < -0.3 is 15.5 Å². The first-order valence-corrected chi connectivity index (χ1v) is 10.6. The predicted molar refractivity (Wildman–Crippen MR) is 122 cm³/mol. The molecular formula is C24H26N6O. The van der Waals surface area contributed by atoms with Crippen molar-refractivity contribution >= 4 is 28.6 Å². The van der Waals surface area contributed by atoms with Crippen molar-refractivity contribution in [2.24, 2.45) is 0 Å². The fourth-order valence-corrected chi connectivity index (χ4v) is 4.07. The van der Waals surface area contributed by atoms with Crippen LogP contribution in [-0.4, -0.2) is 42.1 Å². The van der Waals surface area contributed by atoms with Gasteiger partial charge in [-0.25, -0.2) is 4.98 Å². The highest BCUT2D eigenvalue weighted by Crippen LogP contribution is 2.26. The first-order chi connectivity index (χ1) is 15.0. The van der Waals surface area contributed by atoms with Crippen molar-refractivity contribution in [1.29, 1.82) is 5.26 Å². The molecule has 0 aliphatic heterocycles. The first-order valence-electron chi connectivity index (χ1n) is 10.6. The van der Waals surface area contributed by atoms with E-state index >= 15 is 0 Å². The minimum atomic E-state index is -0.179. The van der Waals surface area contributed by atoms with E-state index in [2.05, 4.69) is 21.7 Å². The molecule has 1 aromatic heterocycles. The maximum absolute atomic E-state index is 12.6. The van der Waals surface area contributed by atoms with Crippen LogP contribution in [0, 0.1) is 11.3 Å². The van der Waals surface area contributed by atoms with Crippen LogP contribution in [0.5, 0.6) is 0 Å². The Bertz CT molecular complexity index is 1130. The molecule has 31 heavy (non-hydrogen) atoms. The number of rotatable bonds is 5. The van der Waals surface area contributed by atoms with Crippen LogP contribution < -0.4 is 15.5 Å². The third kappa shape index (κ3) is 4.58. The second kappa shape index (κ2) is 9.00. The van der Waals surface area contributed by atoms with Crippen molar-refractivity contribution in [3.8, 4) is 6.07 Å². The maximum atomic E-state index is 12.6. The molecule has 0 atom stereocenters. The van der Waals surface area contributed by atoms with Crippen LogP contribution >= 0.6 is 0 Å². The Kier molecular flexibility index (Phi) is 5.99. The van der Waals surface area contributed by atoms with Crippen LogP contribution in [0.4, 0.5) is 11.8 Å². The van der Waals surface area contributed by atoms with Crippen molar-refractivity contribution in [3.63, 3.8) is 0 Å². The average molecular weight is 415 g/mol. The summed E-state index contributed by atoms with van der Waals surface area (Å²) in [5.74, 6) is 1.35. The topological polar surface area (TPSA) is 93.9 Å². The zero-order valence-electron chi connectivity index (χ0n) is 17.8. The van der Waals surface area contributed by atoms with Gasteiger partial charge in [-0.05, 0) is 49.9 Å². The molecule has 1 fully saturated rings. The lowest BCUT2D eigenvalue weighted by Crippen LogP contribution is -2.40. The second-order valence-electron chi connectivity index (χ2n) is 8.11. The van der Waals surface area contributed by atoms with Crippen LogP contribution in [0.3, 0.4) is 0 Å². The van der Waals surface area contributed by atoms with E-state index in [-0.39, 0.29) is 18.0 Å². The van der Waals surface area contributed by atoms with E-state index < -0.39 is 0 Å². The van der Waals surface area contributed by atoms with Crippen LogP contribution in [0.15, 0.2) is 48.5 Å². The molecule has 0 unspecified atom stereocenters. The van der Waals surface area contributed by atoms with Crippen molar-refractivity contribution in [2.75, 3.05) is 24.3 Å². The van der Waals surface area contributed by atoms with E-state index in [1.54, 1.807) is 24.3 Å². The predicted octanol–water partition coefficient (Wildman–Crippen LogP) is 3.72. The third-order valence-electron chi connectivity index (χ3n) is 5.69. The normalized spacial score (nSPS) is 18.2. The SMILES string of the molecule is CN(C)c1nc(NC2CCC(NC(=O)c3ccccc3C#N)CC2)nc2ccccc12. The summed E-state index contributed by atoms with van der Waals surface area (Å²) in [5.41, 5.74) is 1.76. The molecule has 7 heteroatoms. The third-order valence-corrected chi connectivity index (χ3v) is 5.69. The summed E-state index contributed by atoms with van der Waals surface area (Å²) < 4.78 is 0. The summed E-state index contributed by atoms with van der Waals surface area (Å²) in [7, 11) is 3.97. The number of benzene rings is 2. The lowest BCUT2D eigenvalue weighted by Gasteiger charge is -2.30. The van der Waals surface area contributed by atoms with Gasteiger partial charge >= 0.3 is 0 Å². The molecule has 2 aromatic carbocycles. The Morgan fingerprint density at radius 3 is 2.42 bits per heavy atom. The number of amides is 1. The zero-order chi connectivity index (χ0) is 21.8. The fraction of sp³-hybridized carbons (Fsp3) is 0.333. The number of nitriles is 1. The number of hydrogen-bond donors (Lipinski definition) is 2. The molecule has 3 aromatic rings. The number of aromatic nitrogens is 2. The average Bonchev–Trinajstić information content (AvgIpc) is 2.79. The highest BCUT2D eigenvalue weighted by Gasteiger charge is 2.24. The molecular weight excluding hydrogens is 388 g/mol. The second-order valence-corrected chi connectivity index (χ2v) is 8.11. The minimum absolute atomic E-state index is 0.104. The Hall–Kier alpha value is -3.66. The summed E-state index contributed by atoms with van der Waals surface area (Å²) >= 11 is 0. The molecule has 1 aliphatic rings. The molecule has 7 nitrogen and oxygen atoms in total. The monoisotopic (exact) mass is 414 g/mol. The number of anilines is 2. The van der Waals surface area contributed by atoms with Crippen molar-refractivity contribution in [3.05, 3.63) is 59.7 Å². The molecule has 4 rings (SSSR count). The Labute approximate surface area is 182 Å². The molecule has 1 heterocycles. The lowest BCUT2D eigenvalue weighted by molar-refractivity contribution is 0.0926. The van der Waals surface area contributed by atoms with E-state index in [0.29, 0.717) is 17.1 Å². The molecule has 1 aliphatic carbocycles.